The number of alkyl carbamates (subject to hydrolysis) is 1. The van der Waals surface area contributed by atoms with Gasteiger partial charge >= 0.3 is 6.09 Å². The first-order valence-corrected chi connectivity index (χ1v) is 13.9. The van der Waals surface area contributed by atoms with Crippen LogP contribution in [0.5, 0.6) is 0 Å². The molecule has 3 aliphatic heterocycles. The molecule has 3 saturated heterocycles. The summed E-state index contributed by atoms with van der Waals surface area (Å²) in [5, 5.41) is 21.7. The number of piperazine rings is 1. The van der Waals surface area contributed by atoms with Gasteiger partial charge in [-0.2, -0.15) is 10.5 Å². The van der Waals surface area contributed by atoms with Crippen LogP contribution in [0.2, 0.25) is 0 Å². The van der Waals surface area contributed by atoms with E-state index in [1.807, 2.05) is 28.0 Å². The van der Waals surface area contributed by atoms with Crippen LogP contribution in [-0.2, 0) is 20.7 Å². The molecule has 5 aliphatic rings. The topological polar surface area (TPSA) is 130 Å². The first kappa shape index (κ1) is 25.6. The summed E-state index contributed by atoms with van der Waals surface area (Å²) in [7, 11) is 0. The summed E-state index contributed by atoms with van der Waals surface area (Å²) in [4.78, 5) is 45.8. The van der Waals surface area contributed by atoms with Crippen LogP contribution in [0.1, 0.15) is 69.2 Å². The molecule has 6 rings (SSSR count). The summed E-state index contributed by atoms with van der Waals surface area (Å²) in [5.41, 5.74) is 2.17. The van der Waals surface area contributed by atoms with Crippen molar-refractivity contribution in [3.63, 3.8) is 0 Å². The number of benzene rings is 1. The zero-order chi connectivity index (χ0) is 27.6. The highest BCUT2D eigenvalue weighted by Crippen LogP contribution is 2.48. The van der Waals surface area contributed by atoms with Crippen LogP contribution in [0, 0.1) is 28.6 Å². The third-order valence-electron chi connectivity index (χ3n) is 8.88. The third kappa shape index (κ3) is 4.51. The van der Waals surface area contributed by atoms with E-state index < -0.39 is 23.8 Å². The number of aryl methyl sites for hydroxylation is 1. The van der Waals surface area contributed by atoms with E-state index in [0.29, 0.717) is 30.9 Å². The number of piperidine rings is 1. The summed E-state index contributed by atoms with van der Waals surface area (Å²) in [6.45, 7) is 6.10. The Morgan fingerprint density at radius 2 is 1.97 bits per heavy atom. The molecule has 10 nitrogen and oxygen atoms in total. The highest BCUT2D eigenvalue weighted by Gasteiger charge is 2.57. The monoisotopic (exact) mass is 530 g/mol. The molecule has 204 valence electrons. The zero-order valence-electron chi connectivity index (χ0n) is 22.6. The molecule has 0 aromatic heterocycles. The molecule has 39 heavy (non-hydrogen) atoms. The Morgan fingerprint density at radius 3 is 2.67 bits per heavy atom. The Hall–Kier alpha value is -3.63. The van der Waals surface area contributed by atoms with Crippen LogP contribution in [0.15, 0.2) is 18.2 Å². The lowest BCUT2D eigenvalue weighted by molar-refractivity contribution is -0.141. The fourth-order valence-corrected chi connectivity index (χ4v) is 7.19. The molecule has 3 amide bonds. The van der Waals surface area contributed by atoms with Crippen molar-refractivity contribution in [2.75, 3.05) is 13.1 Å². The predicted octanol–water partition coefficient (Wildman–Crippen LogP) is 2.24. The van der Waals surface area contributed by atoms with E-state index in [4.69, 9.17) is 4.74 Å². The highest BCUT2D eigenvalue weighted by molar-refractivity contribution is 5.89. The number of ether oxygens (including phenoxy) is 1. The van der Waals surface area contributed by atoms with Gasteiger partial charge in [0.1, 0.15) is 17.7 Å². The van der Waals surface area contributed by atoms with Crippen LogP contribution < -0.4 is 5.32 Å². The molecule has 1 aromatic carbocycles. The molecule has 0 radical (unpaired) electrons. The van der Waals surface area contributed by atoms with E-state index in [1.165, 1.54) is 0 Å². The molecule has 4 fully saturated rings. The van der Waals surface area contributed by atoms with Gasteiger partial charge in [0.2, 0.25) is 11.8 Å². The zero-order valence-corrected chi connectivity index (χ0v) is 22.6. The first-order valence-electron chi connectivity index (χ1n) is 13.9. The minimum absolute atomic E-state index is 0.00231. The Morgan fingerprint density at radius 1 is 1.18 bits per heavy atom. The largest absolute Gasteiger partial charge is 0.444 e. The Balaban J connectivity index is 1.18. The smallest absolute Gasteiger partial charge is 0.408 e. The van der Waals surface area contributed by atoms with Gasteiger partial charge in [-0.15, -0.1) is 0 Å². The molecule has 1 aromatic rings. The number of nitriles is 2. The predicted molar refractivity (Wildman–Crippen MR) is 139 cm³/mol. The maximum atomic E-state index is 13.8. The van der Waals surface area contributed by atoms with Crippen LogP contribution in [0.25, 0.3) is 0 Å². The standard InChI is InChI=1S/C29H34N6O4/c1-29(2,3)39-28(38)32-22(26(36)34-19(13-31)9-18-10-24(18)34)15-33-14-20-11-25(33)27(37)35(20)23-7-5-17-8-16(12-30)4-6-21(17)23/h4,6,8,18-20,22-25H,5,7,9-11,14-15H2,1-3H3,(H,32,38)/t18-,19?,20+,22?,23+,24+,25?/m1/s1. The SMILES string of the molecule is CC(C)(C)OC(=O)NC(CN1C[C@@H]2CC1C(=O)N2[C@H]1CCc2cc(C#N)ccc21)C(=O)N1C(C#N)C[C@@H]2C[C@@H]21. The molecule has 0 spiro atoms. The van der Waals surface area contributed by atoms with Gasteiger partial charge < -0.3 is 19.9 Å². The number of carbonyl (C=O) groups excluding carboxylic acids is 3. The summed E-state index contributed by atoms with van der Waals surface area (Å²) in [6.07, 6.45) is 3.25. The average Bonchev–Trinajstić information content (AvgIpc) is 3.22. The Labute approximate surface area is 228 Å². The van der Waals surface area contributed by atoms with Gasteiger partial charge in [0.15, 0.2) is 0 Å². The van der Waals surface area contributed by atoms with Crippen molar-refractivity contribution < 1.29 is 19.1 Å². The van der Waals surface area contributed by atoms with Crippen molar-refractivity contribution in [3.8, 4) is 12.1 Å². The number of carbonyl (C=O) groups is 3. The summed E-state index contributed by atoms with van der Waals surface area (Å²) >= 11 is 0. The second-order valence-corrected chi connectivity index (χ2v) is 12.6. The molecule has 3 heterocycles. The molecular formula is C29H34N6O4. The molecule has 10 heteroatoms. The normalized spacial score (nSPS) is 31.4. The lowest BCUT2D eigenvalue weighted by Gasteiger charge is -2.39. The second-order valence-electron chi connectivity index (χ2n) is 12.6. The van der Waals surface area contributed by atoms with Gasteiger partial charge in [-0.3, -0.25) is 14.5 Å². The number of hydrogen-bond acceptors (Lipinski definition) is 7. The van der Waals surface area contributed by atoms with E-state index in [1.54, 1.807) is 25.7 Å². The fraction of sp³-hybridized carbons (Fsp3) is 0.621. The van der Waals surface area contributed by atoms with E-state index in [0.717, 1.165) is 30.4 Å². The van der Waals surface area contributed by atoms with Gasteiger partial charge in [-0.1, -0.05) is 6.07 Å². The number of amides is 3. The highest BCUT2D eigenvalue weighted by atomic mass is 16.6. The molecule has 1 saturated carbocycles. The minimum atomic E-state index is -0.910. The molecule has 2 aliphatic carbocycles. The molecular weight excluding hydrogens is 496 g/mol. The van der Waals surface area contributed by atoms with Crippen LogP contribution >= 0.6 is 0 Å². The maximum Gasteiger partial charge on any atom is 0.408 e. The van der Waals surface area contributed by atoms with E-state index in [2.05, 4.69) is 17.5 Å². The van der Waals surface area contributed by atoms with Crippen LogP contribution in [0.4, 0.5) is 4.79 Å². The first-order chi connectivity index (χ1) is 18.6. The lowest BCUT2D eigenvalue weighted by Crippen LogP contribution is -2.59. The molecule has 2 bridgehead atoms. The number of nitrogens with one attached hydrogen (secondary N) is 1. The van der Waals surface area contributed by atoms with Gasteiger partial charge in [-0.05, 0) is 82.1 Å². The second kappa shape index (κ2) is 9.24. The number of hydrogen-bond donors (Lipinski definition) is 1. The van der Waals surface area contributed by atoms with Crippen molar-refractivity contribution in [2.24, 2.45) is 5.92 Å². The summed E-state index contributed by atoms with van der Waals surface area (Å²) in [6, 6.07) is 8.50. The van der Waals surface area contributed by atoms with Crippen LogP contribution in [-0.4, -0.2) is 81.5 Å². The Bertz CT molecular complexity index is 1310. The molecule has 1 N–H and O–H groups in total. The van der Waals surface area contributed by atoms with E-state index in [9.17, 15) is 24.9 Å². The Kier molecular flexibility index (Phi) is 6.07. The number of likely N-dealkylation sites (tertiary alicyclic amines) is 3. The fourth-order valence-electron chi connectivity index (χ4n) is 7.19. The van der Waals surface area contributed by atoms with Crippen LogP contribution in [0.3, 0.4) is 0 Å². The van der Waals surface area contributed by atoms with E-state index >= 15 is 0 Å². The maximum absolute atomic E-state index is 13.8. The molecule has 3 unspecified atom stereocenters. The van der Waals surface area contributed by atoms with Crippen molar-refractivity contribution >= 4 is 17.9 Å². The van der Waals surface area contributed by atoms with Crippen molar-refractivity contribution in [1.29, 1.82) is 10.5 Å². The quantitative estimate of drug-likeness (QED) is 0.618. The van der Waals surface area contributed by atoms with Crippen molar-refractivity contribution in [3.05, 3.63) is 34.9 Å². The number of fused-ring (bicyclic) bond motifs is 4. The van der Waals surface area contributed by atoms with E-state index in [-0.39, 0.29) is 42.5 Å². The number of rotatable bonds is 5. The molecule has 7 atom stereocenters. The van der Waals surface area contributed by atoms with Crippen molar-refractivity contribution in [2.45, 2.75) is 94.7 Å². The van der Waals surface area contributed by atoms with Gasteiger partial charge in [0.05, 0.1) is 29.8 Å². The van der Waals surface area contributed by atoms with Gasteiger partial charge in [0.25, 0.3) is 0 Å². The minimum Gasteiger partial charge on any atom is -0.444 e. The summed E-state index contributed by atoms with van der Waals surface area (Å²) in [5.74, 6) is 0.134. The van der Waals surface area contributed by atoms with Gasteiger partial charge in [0, 0.05) is 25.2 Å². The summed E-state index contributed by atoms with van der Waals surface area (Å²) < 4.78 is 5.45. The lowest BCUT2D eigenvalue weighted by atomic mass is 10.0. The number of nitrogens with zero attached hydrogens (tertiary/aromatic N) is 5. The average molecular weight is 531 g/mol. The van der Waals surface area contributed by atoms with Gasteiger partial charge in [-0.25, -0.2) is 4.79 Å². The third-order valence-corrected chi connectivity index (χ3v) is 8.88. The van der Waals surface area contributed by atoms with Crippen molar-refractivity contribution in [1.82, 2.24) is 20.0 Å².